The van der Waals surface area contributed by atoms with E-state index in [-0.39, 0.29) is 17.0 Å². The normalized spacial score (nSPS) is 12.4. The lowest BCUT2D eigenvalue weighted by atomic mass is 10.3. The molecule has 0 saturated heterocycles. The summed E-state index contributed by atoms with van der Waals surface area (Å²) in [5, 5.41) is 0.920. The van der Waals surface area contributed by atoms with Crippen LogP contribution in [0.15, 0.2) is 0 Å². The molecular formula is C4H11Br2N. The second-order valence-electron chi connectivity index (χ2n) is 1.32. The van der Waals surface area contributed by atoms with Gasteiger partial charge in [-0.05, 0) is 6.42 Å². The van der Waals surface area contributed by atoms with Gasteiger partial charge < -0.3 is 5.73 Å². The van der Waals surface area contributed by atoms with Crippen LogP contribution in [0.4, 0.5) is 0 Å². The van der Waals surface area contributed by atoms with E-state index in [0.29, 0.717) is 6.04 Å². The van der Waals surface area contributed by atoms with Crippen LogP contribution in [0.3, 0.4) is 0 Å². The standard InChI is InChI=1S/C4H10BrN.BrH/c1-2-4(6)3-5;/h4H,2-3,6H2,1H3;1H. The molecule has 0 aliphatic heterocycles. The van der Waals surface area contributed by atoms with Crippen LogP contribution in [0.2, 0.25) is 0 Å². The molecule has 0 aromatic heterocycles. The summed E-state index contributed by atoms with van der Waals surface area (Å²) < 4.78 is 0. The van der Waals surface area contributed by atoms with Crippen molar-refractivity contribution in [2.45, 2.75) is 19.4 Å². The fraction of sp³-hybridized carbons (Fsp3) is 1.00. The second kappa shape index (κ2) is 6.92. The lowest BCUT2D eigenvalue weighted by molar-refractivity contribution is 0.729. The van der Waals surface area contributed by atoms with Gasteiger partial charge in [0.2, 0.25) is 0 Å². The molecule has 0 aromatic rings. The smallest absolute Gasteiger partial charge is 0.0183 e. The predicted octanol–water partition coefficient (Wildman–Crippen LogP) is 1.70. The highest BCUT2D eigenvalue weighted by Crippen LogP contribution is 1.89. The van der Waals surface area contributed by atoms with Crippen LogP contribution in [-0.2, 0) is 0 Å². The molecule has 3 heteroatoms. The number of nitrogens with two attached hydrogens (primary N) is 1. The highest BCUT2D eigenvalue weighted by atomic mass is 79.9. The second-order valence-corrected chi connectivity index (χ2v) is 1.97. The zero-order chi connectivity index (χ0) is 4.99. The maximum absolute atomic E-state index is 5.43. The van der Waals surface area contributed by atoms with E-state index in [9.17, 15) is 0 Å². The molecule has 0 radical (unpaired) electrons. The van der Waals surface area contributed by atoms with Gasteiger partial charge in [-0.25, -0.2) is 0 Å². The average molecular weight is 233 g/mol. The Morgan fingerprint density at radius 3 is 2.14 bits per heavy atom. The van der Waals surface area contributed by atoms with Gasteiger partial charge >= 0.3 is 0 Å². The van der Waals surface area contributed by atoms with Crippen molar-refractivity contribution in [1.82, 2.24) is 0 Å². The minimum absolute atomic E-state index is 0. The Kier molecular flexibility index (Phi) is 10.7. The molecule has 0 fully saturated rings. The maximum atomic E-state index is 5.43. The third-order valence-corrected chi connectivity index (χ3v) is 1.55. The number of halogens is 2. The lowest BCUT2D eigenvalue weighted by Crippen LogP contribution is -2.19. The predicted molar refractivity (Wildman–Crippen MR) is 42.4 cm³/mol. The summed E-state index contributed by atoms with van der Waals surface area (Å²) in [6, 6.07) is 0.352. The van der Waals surface area contributed by atoms with Gasteiger partial charge in [0.1, 0.15) is 0 Å². The van der Waals surface area contributed by atoms with Crippen molar-refractivity contribution in [3.63, 3.8) is 0 Å². The summed E-state index contributed by atoms with van der Waals surface area (Å²) >= 11 is 3.25. The molecule has 0 bridgehead atoms. The Balaban J connectivity index is 0. The van der Waals surface area contributed by atoms with E-state index in [1.807, 2.05) is 0 Å². The van der Waals surface area contributed by atoms with Crippen molar-refractivity contribution in [2.24, 2.45) is 5.73 Å². The van der Waals surface area contributed by atoms with E-state index in [1.54, 1.807) is 0 Å². The molecule has 0 rings (SSSR count). The van der Waals surface area contributed by atoms with Gasteiger partial charge in [-0.1, -0.05) is 22.9 Å². The van der Waals surface area contributed by atoms with Crippen LogP contribution in [0.5, 0.6) is 0 Å². The Morgan fingerprint density at radius 2 is 2.14 bits per heavy atom. The lowest BCUT2D eigenvalue weighted by Gasteiger charge is -1.98. The van der Waals surface area contributed by atoms with Crippen molar-refractivity contribution in [1.29, 1.82) is 0 Å². The zero-order valence-electron chi connectivity index (χ0n) is 4.36. The molecule has 1 nitrogen and oxygen atoms in total. The summed E-state index contributed by atoms with van der Waals surface area (Å²) in [7, 11) is 0. The summed E-state index contributed by atoms with van der Waals surface area (Å²) in [6.45, 7) is 2.08. The zero-order valence-corrected chi connectivity index (χ0v) is 7.65. The van der Waals surface area contributed by atoms with Gasteiger partial charge in [0.15, 0.2) is 0 Å². The van der Waals surface area contributed by atoms with Crippen LogP contribution in [0, 0.1) is 0 Å². The molecule has 7 heavy (non-hydrogen) atoms. The first-order chi connectivity index (χ1) is 2.81. The molecule has 1 atom stereocenters. The third kappa shape index (κ3) is 6.92. The topological polar surface area (TPSA) is 26.0 Å². The third-order valence-electron chi connectivity index (χ3n) is 0.723. The van der Waals surface area contributed by atoms with E-state index in [1.165, 1.54) is 0 Å². The molecule has 0 aliphatic carbocycles. The Morgan fingerprint density at radius 1 is 1.71 bits per heavy atom. The van der Waals surface area contributed by atoms with Crippen LogP contribution in [-0.4, -0.2) is 11.4 Å². The Labute approximate surface area is 63.6 Å². The first-order valence-corrected chi connectivity index (χ1v) is 3.25. The fourth-order valence-corrected chi connectivity index (χ4v) is 0.567. The highest BCUT2D eigenvalue weighted by molar-refractivity contribution is 9.09. The van der Waals surface area contributed by atoms with Crippen molar-refractivity contribution < 1.29 is 0 Å². The van der Waals surface area contributed by atoms with Gasteiger partial charge in [0.25, 0.3) is 0 Å². The largest absolute Gasteiger partial charge is 0.327 e. The van der Waals surface area contributed by atoms with Gasteiger partial charge in [-0.15, -0.1) is 17.0 Å². The summed E-state index contributed by atoms with van der Waals surface area (Å²) in [5.74, 6) is 0. The SMILES string of the molecule is Br.CCC(N)CBr. The minimum atomic E-state index is 0. The molecule has 2 N–H and O–H groups in total. The van der Waals surface area contributed by atoms with Gasteiger partial charge in [-0.3, -0.25) is 0 Å². The van der Waals surface area contributed by atoms with Gasteiger partial charge in [0.05, 0.1) is 0 Å². The fourth-order valence-electron chi connectivity index (χ4n) is 0.109. The van der Waals surface area contributed by atoms with E-state index in [0.717, 1.165) is 11.8 Å². The van der Waals surface area contributed by atoms with Crippen molar-refractivity contribution >= 4 is 32.9 Å². The highest BCUT2D eigenvalue weighted by Gasteiger charge is 1.90. The molecule has 46 valence electrons. The average Bonchev–Trinajstić information content (AvgIpc) is 1.65. The first kappa shape index (κ1) is 10.8. The molecule has 0 heterocycles. The molecule has 0 aromatic carbocycles. The van der Waals surface area contributed by atoms with E-state index < -0.39 is 0 Å². The number of rotatable bonds is 2. The molecular weight excluding hydrogens is 222 g/mol. The monoisotopic (exact) mass is 231 g/mol. The van der Waals surface area contributed by atoms with E-state index in [4.69, 9.17) is 5.73 Å². The van der Waals surface area contributed by atoms with Gasteiger partial charge in [0, 0.05) is 11.4 Å². The molecule has 0 spiro atoms. The van der Waals surface area contributed by atoms with Crippen molar-refractivity contribution in [2.75, 3.05) is 5.33 Å². The van der Waals surface area contributed by atoms with Gasteiger partial charge in [-0.2, -0.15) is 0 Å². The Hall–Kier alpha value is 0.920. The van der Waals surface area contributed by atoms with Crippen LogP contribution in [0.1, 0.15) is 13.3 Å². The quantitative estimate of drug-likeness (QED) is 0.721. The first-order valence-electron chi connectivity index (χ1n) is 2.12. The molecule has 0 amide bonds. The van der Waals surface area contributed by atoms with Crippen LogP contribution >= 0.6 is 32.9 Å². The van der Waals surface area contributed by atoms with Crippen molar-refractivity contribution in [3.8, 4) is 0 Å². The molecule has 0 saturated carbocycles. The molecule has 1 unspecified atom stereocenters. The van der Waals surface area contributed by atoms with Crippen molar-refractivity contribution in [3.05, 3.63) is 0 Å². The number of hydrogen-bond acceptors (Lipinski definition) is 1. The number of alkyl halides is 1. The van der Waals surface area contributed by atoms with Crippen LogP contribution in [0.25, 0.3) is 0 Å². The Bertz CT molecular complexity index is 28.9. The summed E-state index contributed by atoms with van der Waals surface area (Å²) in [4.78, 5) is 0. The summed E-state index contributed by atoms with van der Waals surface area (Å²) in [6.07, 6.45) is 1.06. The van der Waals surface area contributed by atoms with E-state index >= 15 is 0 Å². The van der Waals surface area contributed by atoms with Crippen LogP contribution < -0.4 is 5.73 Å². The number of hydrogen-bond donors (Lipinski definition) is 1. The molecule has 0 aliphatic rings. The maximum Gasteiger partial charge on any atom is 0.0183 e. The van der Waals surface area contributed by atoms with E-state index in [2.05, 4.69) is 22.9 Å². The minimum Gasteiger partial charge on any atom is -0.327 e. The summed E-state index contributed by atoms with van der Waals surface area (Å²) in [5.41, 5.74) is 5.43.